The zero-order valence-electron chi connectivity index (χ0n) is 8.05. The van der Waals surface area contributed by atoms with E-state index in [1.165, 1.54) is 0 Å². The molecule has 1 N–H and O–H groups in total. The molecule has 1 aliphatic rings. The van der Waals surface area contributed by atoms with Gasteiger partial charge in [-0.15, -0.1) is 0 Å². The van der Waals surface area contributed by atoms with Gasteiger partial charge in [0, 0.05) is 19.4 Å². The molecule has 1 aromatic heterocycles. The zero-order valence-corrected chi connectivity index (χ0v) is 8.87. The second kappa shape index (κ2) is 3.74. The van der Waals surface area contributed by atoms with Crippen molar-refractivity contribution in [3.8, 4) is 0 Å². The highest BCUT2D eigenvalue weighted by Gasteiger charge is 2.44. The maximum absolute atomic E-state index is 9.17. The molecule has 1 heterocycles. The topological polar surface area (TPSA) is 49.2 Å². The van der Waals surface area contributed by atoms with E-state index in [1.54, 1.807) is 30.5 Å². The minimum absolute atomic E-state index is 0.0479. The first-order valence-corrected chi connectivity index (χ1v) is 5.33. The molecular formula is C9H13N3OS. The van der Waals surface area contributed by atoms with Gasteiger partial charge in [0.15, 0.2) is 5.82 Å². The standard InChI is InChI=1S/C9H13N3OS/c1-12(8-6-10-4-5-11-8)14-9(7-13)2-3-9/h4-6,13H,2-3,7H2,1H3. The molecule has 0 spiro atoms. The summed E-state index contributed by atoms with van der Waals surface area (Å²) in [7, 11) is 1.95. The van der Waals surface area contributed by atoms with Gasteiger partial charge in [-0.05, 0) is 24.8 Å². The summed E-state index contributed by atoms with van der Waals surface area (Å²) in [6, 6.07) is 0. The summed E-state index contributed by atoms with van der Waals surface area (Å²) in [4.78, 5) is 8.19. The summed E-state index contributed by atoms with van der Waals surface area (Å²) in [5, 5.41) is 9.17. The van der Waals surface area contributed by atoms with Crippen LogP contribution in [0.3, 0.4) is 0 Å². The van der Waals surface area contributed by atoms with E-state index in [2.05, 4.69) is 9.97 Å². The Bertz CT molecular complexity index is 302. The van der Waals surface area contributed by atoms with Crippen LogP contribution in [-0.4, -0.2) is 33.5 Å². The van der Waals surface area contributed by atoms with Crippen LogP contribution >= 0.6 is 11.9 Å². The van der Waals surface area contributed by atoms with Crippen molar-refractivity contribution in [3.63, 3.8) is 0 Å². The van der Waals surface area contributed by atoms with Crippen LogP contribution in [0.5, 0.6) is 0 Å². The first kappa shape index (κ1) is 9.73. The molecule has 0 saturated heterocycles. The monoisotopic (exact) mass is 211 g/mol. The second-order valence-corrected chi connectivity index (χ2v) is 5.09. The van der Waals surface area contributed by atoms with E-state index in [9.17, 15) is 0 Å². The number of aliphatic hydroxyl groups is 1. The molecule has 1 aliphatic carbocycles. The van der Waals surface area contributed by atoms with E-state index < -0.39 is 0 Å². The van der Waals surface area contributed by atoms with Crippen LogP contribution in [0.25, 0.3) is 0 Å². The van der Waals surface area contributed by atoms with Crippen molar-refractivity contribution in [2.75, 3.05) is 18.0 Å². The van der Waals surface area contributed by atoms with Gasteiger partial charge in [0.1, 0.15) is 0 Å². The fourth-order valence-corrected chi connectivity index (χ4v) is 2.32. The fourth-order valence-electron chi connectivity index (χ4n) is 1.21. The van der Waals surface area contributed by atoms with Crippen molar-refractivity contribution < 1.29 is 5.11 Å². The highest BCUT2D eigenvalue weighted by molar-refractivity contribution is 8.02. The van der Waals surface area contributed by atoms with Crippen molar-refractivity contribution in [1.82, 2.24) is 9.97 Å². The summed E-state index contributed by atoms with van der Waals surface area (Å²) in [6.07, 6.45) is 7.21. The average Bonchev–Trinajstić information content (AvgIpc) is 3.00. The predicted octanol–water partition coefficient (Wildman–Crippen LogP) is 1.09. The molecule has 0 amide bonds. The molecule has 0 aliphatic heterocycles. The van der Waals surface area contributed by atoms with Crippen LogP contribution in [0.15, 0.2) is 18.6 Å². The minimum atomic E-state index is 0.0479. The van der Waals surface area contributed by atoms with Gasteiger partial charge in [0.25, 0.3) is 0 Å². The fraction of sp³-hybridized carbons (Fsp3) is 0.556. The molecule has 76 valence electrons. The molecule has 0 aromatic carbocycles. The van der Waals surface area contributed by atoms with Crippen LogP contribution in [-0.2, 0) is 0 Å². The predicted molar refractivity (Wildman–Crippen MR) is 57.1 cm³/mol. The first-order chi connectivity index (χ1) is 6.76. The van der Waals surface area contributed by atoms with Crippen molar-refractivity contribution in [1.29, 1.82) is 0 Å². The highest BCUT2D eigenvalue weighted by atomic mass is 32.2. The molecule has 0 atom stereocenters. The van der Waals surface area contributed by atoms with E-state index in [0.29, 0.717) is 0 Å². The summed E-state index contributed by atoms with van der Waals surface area (Å²) in [5.74, 6) is 0.831. The van der Waals surface area contributed by atoms with E-state index in [-0.39, 0.29) is 11.4 Å². The summed E-state index contributed by atoms with van der Waals surface area (Å²) < 4.78 is 2.02. The molecule has 1 fully saturated rings. The molecule has 2 rings (SSSR count). The number of nitrogens with zero attached hydrogens (tertiary/aromatic N) is 3. The molecular weight excluding hydrogens is 198 g/mol. The Balaban J connectivity index is 1.99. The van der Waals surface area contributed by atoms with Crippen LogP contribution in [0.2, 0.25) is 0 Å². The van der Waals surface area contributed by atoms with Crippen molar-refractivity contribution in [2.24, 2.45) is 0 Å². The smallest absolute Gasteiger partial charge is 0.156 e. The number of anilines is 1. The van der Waals surface area contributed by atoms with Gasteiger partial charge in [-0.2, -0.15) is 0 Å². The average molecular weight is 211 g/mol. The maximum atomic E-state index is 9.17. The first-order valence-electron chi connectivity index (χ1n) is 4.55. The van der Waals surface area contributed by atoms with E-state index in [0.717, 1.165) is 18.7 Å². The lowest BCUT2D eigenvalue weighted by atomic mass is 10.5. The van der Waals surface area contributed by atoms with Gasteiger partial charge in [0.05, 0.1) is 17.6 Å². The number of aromatic nitrogens is 2. The molecule has 14 heavy (non-hydrogen) atoms. The Morgan fingerprint density at radius 3 is 2.86 bits per heavy atom. The minimum Gasteiger partial charge on any atom is -0.395 e. The van der Waals surface area contributed by atoms with Crippen LogP contribution in [0, 0.1) is 0 Å². The number of hydrogen-bond donors (Lipinski definition) is 1. The Morgan fingerprint density at radius 2 is 2.36 bits per heavy atom. The molecule has 1 aromatic rings. The van der Waals surface area contributed by atoms with Gasteiger partial charge >= 0.3 is 0 Å². The summed E-state index contributed by atoms with van der Waals surface area (Å²) in [5.41, 5.74) is 0. The van der Waals surface area contributed by atoms with Gasteiger partial charge < -0.3 is 9.41 Å². The number of rotatable bonds is 4. The van der Waals surface area contributed by atoms with Crippen molar-refractivity contribution in [2.45, 2.75) is 17.6 Å². The molecule has 4 nitrogen and oxygen atoms in total. The third kappa shape index (κ3) is 1.99. The zero-order chi connectivity index (χ0) is 10.0. The largest absolute Gasteiger partial charge is 0.395 e. The van der Waals surface area contributed by atoms with Gasteiger partial charge in [-0.1, -0.05) is 0 Å². The Hall–Kier alpha value is -0.810. The van der Waals surface area contributed by atoms with Crippen molar-refractivity contribution in [3.05, 3.63) is 18.6 Å². The van der Waals surface area contributed by atoms with Gasteiger partial charge in [-0.25, -0.2) is 4.98 Å². The molecule has 5 heteroatoms. The molecule has 0 radical (unpaired) electrons. The van der Waals surface area contributed by atoms with Crippen LogP contribution < -0.4 is 4.31 Å². The van der Waals surface area contributed by atoms with Crippen molar-refractivity contribution >= 4 is 17.8 Å². The number of aliphatic hydroxyl groups excluding tert-OH is 1. The van der Waals surface area contributed by atoms with Crippen LogP contribution in [0.4, 0.5) is 5.82 Å². The molecule has 0 bridgehead atoms. The lowest BCUT2D eigenvalue weighted by molar-refractivity contribution is 0.288. The van der Waals surface area contributed by atoms with E-state index in [4.69, 9.17) is 5.11 Å². The summed E-state index contributed by atoms with van der Waals surface area (Å²) in [6.45, 7) is 0.238. The highest BCUT2D eigenvalue weighted by Crippen LogP contribution is 2.49. The Morgan fingerprint density at radius 1 is 1.57 bits per heavy atom. The lowest BCUT2D eigenvalue weighted by Gasteiger charge is -2.21. The SMILES string of the molecule is CN(SC1(CO)CC1)c1cnccn1. The number of hydrogen-bond acceptors (Lipinski definition) is 5. The third-order valence-electron chi connectivity index (χ3n) is 2.30. The normalized spacial score (nSPS) is 17.9. The quantitative estimate of drug-likeness (QED) is 0.755. The second-order valence-electron chi connectivity index (χ2n) is 3.49. The molecule has 1 saturated carbocycles. The van der Waals surface area contributed by atoms with E-state index in [1.807, 2.05) is 11.4 Å². The maximum Gasteiger partial charge on any atom is 0.156 e. The molecule has 0 unspecified atom stereocenters. The van der Waals surface area contributed by atoms with Gasteiger partial charge in [-0.3, -0.25) is 4.98 Å². The lowest BCUT2D eigenvalue weighted by Crippen LogP contribution is -2.19. The van der Waals surface area contributed by atoms with E-state index >= 15 is 0 Å². The Kier molecular flexibility index (Phi) is 2.60. The van der Waals surface area contributed by atoms with Gasteiger partial charge in [0.2, 0.25) is 0 Å². The third-order valence-corrected chi connectivity index (χ3v) is 3.68. The van der Waals surface area contributed by atoms with Crippen LogP contribution in [0.1, 0.15) is 12.8 Å². The Labute approximate surface area is 87.5 Å². The summed E-state index contributed by atoms with van der Waals surface area (Å²) >= 11 is 1.65.